The lowest BCUT2D eigenvalue weighted by atomic mass is 10.1. The summed E-state index contributed by atoms with van der Waals surface area (Å²) in [5, 5.41) is 21.8. The highest BCUT2D eigenvalue weighted by molar-refractivity contribution is 5.44. The summed E-state index contributed by atoms with van der Waals surface area (Å²) >= 11 is 0. The van der Waals surface area contributed by atoms with E-state index in [9.17, 15) is 9.90 Å². The standard InChI is InChI=1S/C12H19N3O4/c1-6(2)8-4-13-12(18)15-10(8)14-11-9(17)3-7(5-16)19-11/h4,6-7,9,11,16-17H,3,5H2,1-2H3,(H2,13,14,15,18)/t7-,9+,11+/m0/s1. The Morgan fingerprint density at radius 2 is 2.37 bits per heavy atom. The van der Waals surface area contributed by atoms with E-state index in [-0.39, 0.29) is 12.5 Å². The molecule has 2 heterocycles. The summed E-state index contributed by atoms with van der Waals surface area (Å²) in [6.07, 6.45) is 0.167. The van der Waals surface area contributed by atoms with Crippen molar-refractivity contribution >= 4 is 5.82 Å². The van der Waals surface area contributed by atoms with Crippen molar-refractivity contribution in [2.45, 2.75) is 44.6 Å². The molecule has 19 heavy (non-hydrogen) atoms. The minimum atomic E-state index is -0.738. The van der Waals surface area contributed by atoms with Gasteiger partial charge in [0.1, 0.15) is 11.9 Å². The monoisotopic (exact) mass is 269 g/mol. The van der Waals surface area contributed by atoms with Gasteiger partial charge in [-0.25, -0.2) is 4.79 Å². The normalized spacial score (nSPS) is 26.9. The van der Waals surface area contributed by atoms with Crippen molar-refractivity contribution in [1.29, 1.82) is 0 Å². The fourth-order valence-corrected chi connectivity index (χ4v) is 2.09. The summed E-state index contributed by atoms with van der Waals surface area (Å²) in [5.74, 6) is 0.570. The van der Waals surface area contributed by atoms with E-state index in [1.807, 2.05) is 13.8 Å². The van der Waals surface area contributed by atoms with E-state index in [1.54, 1.807) is 6.20 Å². The molecule has 1 aliphatic rings. The van der Waals surface area contributed by atoms with Crippen LogP contribution < -0.4 is 11.0 Å². The molecule has 1 fully saturated rings. The van der Waals surface area contributed by atoms with E-state index in [2.05, 4.69) is 15.3 Å². The van der Waals surface area contributed by atoms with Crippen molar-refractivity contribution in [1.82, 2.24) is 9.97 Å². The van der Waals surface area contributed by atoms with Crippen molar-refractivity contribution < 1.29 is 14.9 Å². The van der Waals surface area contributed by atoms with Gasteiger partial charge in [0.25, 0.3) is 0 Å². The molecule has 1 aliphatic heterocycles. The number of aliphatic hydroxyl groups is 2. The topological polar surface area (TPSA) is 107 Å². The van der Waals surface area contributed by atoms with E-state index in [1.165, 1.54) is 0 Å². The van der Waals surface area contributed by atoms with Gasteiger partial charge in [-0.1, -0.05) is 13.8 Å². The number of aromatic nitrogens is 2. The molecule has 0 bridgehead atoms. The van der Waals surface area contributed by atoms with Crippen LogP contribution in [0.4, 0.5) is 5.82 Å². The predicted molar refractivity (Wildman–Crippen MR) is 68.9 cm³/mol. The fraction of sp³-hybridized carbons (Fsp3) is 0.667. The van der Waals surface area contributed by atoms with Crippen LogP contribution >= 0.6 is 0 Å². The smallest absolute Gasteiger partial charge is 0.346 e. The van der Waals surface area contributed by atoms with E-state index in [0.717, 1.165) is 5.56 Å². The molecule has 1 aromatic heterocycles. The lowest BCUT2D eigenvalue weighted by Gasteiger charge is -2.19. The van der Waals surface area contributed by atoms with Gasteiger partial charge in [-0.3, -0.25) is 0 Å². The van der Waals surface area contributed by atoms with Crippen LogP contribution in [-0.4, -0.2) is 45.2 Å². The first kappa shape index (κ1) is 14.0. The van der Waals surface area contributed by atoms with Gasteiger partial charge in [-0.15, -0.1) is 0 Å². The van der Waals surface area contributed by atoms with Crippen molar-refractivity contribution in [2.75, 3.05) is 11.9 Å². The molecule has 0 unspecified atom stereocenters. The van der Waals surface area contributed by atoms with E-state index in [0.29, 0.717) is 12.2 Å². The van der Waals surface area contributed by atoms with Crippen LogP contribution in [0, 0.1) is 0 Å². The zero-order chi connectivity index (χ0) is 14.0. The van der Waals surface area contributed by atoms with Crippen LogP contribution in [0.5, 0.6) is 0 Å². The second-order valence-electron chi connectivity index (χ2n) is 4.97. The van der Waals surface area contributed by atoms with Crippen molar-refractivity contribution in [2.24, 2.45) is 0 Å². The summed E-state index contributed by atoms with van der Waals surface area (Å²) in [6, 6.07) is 0. The molecular formula is C12H19N3O4. The van der Waals surface area contributed by atoms with Crippen LogP contribution in [0.25, 0.3) is 0 Å². The second-order valence-corrected chi connectivity index (χ2v) is 4.97. The molecule has 0 radical (unpaired) electrons. The minimum Gasteiger partial charge on any atom is -0.394 e. The third kappa shape index (κ3) is 3.12. The molecule has 0 spiro atoms. The molecule has 0 aromatic carbocycles. The molecule has 7 nitrogen and oxygen atoms in total. The average Bonchev–Trinajstić information content (AvgIpc) is 2.70. The number of anilines is 1. The molecule has 3 atom stereocenters. The number of H-pyrrole nitrogens is 1. The Labute approximate surface area is 110 Å². The summed E-state index contributed by atoms with van der Waals surface area (Å²) < 4.78 is 5.44. The molecule has 2 rings (SSSR count). The zero-order valence-electron chi connectivity index (χ0n) is 11.0. The Bertz CT molecular complexity index is 488. The summed E-state index contributed by atoms with van der Waals surface area (Å²) in [6.45, 7) is 3.81. The minimum absolute atomic E-state index is 0.144. The largest absolute Gasteiger partial charge is 0.394 e. The number of aromatic amines is 1. The Morgan fingerprint density at radius 3 is 2.95 bits per heavy atom. The van der Waals surface area contributed by atoms with Crippen LogP contribution in [0.3, 0.4) is 0 Å². The molecule has 106 valence electrons. The summed E-state index contributed by atoms with van der Waals surface area (Å²) in [7, 11) is 0. The summed E-state index contributed by atoms with van der Waals surface area (Å²) in [4.78, 5) is 17.7. The maximum absolute atomic E-state index is 11.3. The molecule has 0 amide bonds. The number of nitrogens with zero attached hydrogens (tertiary/aromatic N) is 1. The number of rotatable bonds is 4. The lowest BCUT2D eigenvalue weighted by molar-refractivity contribution is 0.00508. The van der Waals surface area contributed by atoms with Gasteiger partial charge in [0.2, 0.25) is 0 Å². The van der Waals surface area contributed by atoms with Gasteiger partial charge >= 0.3 is 5.69 Å². The van der Waals surface area contributed by atoms with Crippen LogP contribution in [0.1, 0.15) is 31.7 Å². The average molecular weight is 269 g/mol. The Kier molecular flexibility index (Phi) is 4.18. The molecule has 7 heteroatoms. The highest BCUT2D eigenvalue weighted by Gasteiger charge is 2.34. The van der Waals surface area contributed by atoms with Gasteiger partial charge in [0.05, 0.1) is 12.7 Å². The number of aliphatic hydroxyl groups excluding tert-OH is 2. The maximum Gasteiger partial charge on any atom is 0.346 e. The van der Waals surface area contributed by atoms with Gasteiger partial charge in [-0.05, 0) is 5.92 Å². The van der Waals surface area contributed by atoms with E-state index < -0.39 is 24.1 Å². The quantitative estimate of drug-likeness (QED) is 0.601. The van der Waals surface area contributed by atoms with E-state index >= 15 is 0 Å². The third-order valence-corrected chi connectivity index (χ3v) is 3.14. The number of hydrogen-bond acceptors (Lipinski definition) is 6. The van der Waals surface area contributed by atoms with Crippen molar-refractivity contribution in [3.05, 3.63) is 22.2 Å². The third-order valence-electron chi connectivity index (χ3n) is 3.14. The Balaban J connectivity index is 2.19. The molecule has 1 aromatic rings. The highest BCUT2D eigenvalue weighted by atomic mass is 16.5. The number of hydrogen-bond donors (Lipinski definition) is 4. The highest BCUT2D eigenvalue weighted by Crippen LogP contribution is 2.25. The van der Waals surface area contributed by atoms with Crippen molar-refractivity contribution in [3.63, 3.8) is 0 Å². The zero-order valence-corrected chi connectivity index (χ0v) is 11.0. The molecular weight excluding hydrogens is 250 g/mol. The van der Waals surface area contributed by atoms with Gasteiger partial charge in [0.15, 0.2) is 6.23 Å². The van der Waals surface area contributed by atoms with Gasteiger partial charge in [0, 0.05) is 18.2 Å². The predicted octanol–water partition coefficient (Wildman–Crippen LogP) is -0.227. The molecule has 0 saturated carbocycles. The van der Waals surface area contributed by atoms with Crippen LogP contribution in [0.2, 0.25) is 0 Å². The molecule has 4 N–H and O–H groups in total. The molecule has 0 aliphatic carbocycles. The first-order chi connectivity index (χ1) is 9.01. The van der Waals surface area contributed by atoms with Crippen LogP contribution in [0.15, 0.2) is 11.0 Å². The fourth-order valence-electron chi connectivity index (χ4n) is 2.09. The Hall–Kier alpha value is -1.44. The Morgan fingerprint density at radius 1 is 1.63 bits per heavy atom. The number of ether oxygens (including phenoxy) is 1. The summed E-state index contributed by atoms with van der Waals surface area (Å²) in [5.41, 5.74) is 0.376. The van der Waals surface area contributed by atoms with Crippen LogP contribution in [-0.2, 0) is 4.74 Å². The van der Waals surface area contributed by atoms with Gasteiger partial charge < -0.3 is 25.3 Å². The lowest BCUT2D eigenvalue weighted by Crippen LogP contribution is -2.32. The maximum atomic E-state index is 11.3. The molecule has 1 saturated heterocycles. The SMILES string of the molecule is CC(C)c1c[nH]c(=O)nc1N[C@@H]1O[C@H](CO)C[C@H]1O. The van der Waals surface area contributed by atoms with E-state index in [4.69, 9.17) is 9.84 Å². The number of nitrogens with one attached hydrogen (secondary N) is 2. The first-order valence-corrected chi connectivity index (χ1v) is 6.31. The first-order valence-electron chi connectivity index (χ1n) is 6.31. The van der Waals surface area contributed by atoms with Gasteiger partial charge in [-0.2, -0.15) is 4.98 Å². The second kappa shape index (κ2) is 5.68. The van der Waals surface area contributed by atoms with Crippen molar-refractivity contribution in [3.8, 4) is 0 Å².